The van der Waals surface area contributed by atoms with Crippen LogP contribution in [0.5, 0.6) is 11.5 Å². The van der Waals surface area contributed by atoms with Crippen LogP contribution in [0.2, 0.25) is 0 Å². The zero-order valence-corrected chi connectivity index (χ0v) is 26.9. The molecule has 0 atom stereocenters. The summed E-state index contributed by atoms with van der Waals surface area (Å²) in [6.07, 6.45) is 1.40. The van der Waals surface area contributed by atoms with Crippen molar-refractivity contribution in [3.63, 3.8) is 0 Å². The second kappa shape index (κ2) is 15.3. The maximum Gasteiger partial charge on any atom is 0.329 e. The average molecular weight is 685 g/mol. The van der Waals surface area contributed by atoms with Crippen molar-refractivity contribution in [2.75, 3.05) is 18.5 Å². The molecule has 0 aromatic heterocycles. The van der Waals surface area contributed by atoms with Crippen molar-refractivity contribution in [3.05, 3.63) is 85.5 Å². The van der Waals surface area contributed by atoms with E-state index >= 15 is 0 Å². The SMILES string of the molecule is CCOc1cc(/C=N\NC(=O)C(=O)NCc2ccc(C(C)C)cc2)cc(I)c1OCC(=O)Nc1c(C)cc(C)cc1C. The number of rotatable bonds is 11. The highest BCUT2D eigenvalue weighted by Crippen LogP contribution is 2.34. The normalized spacial score (nSPS) is 11.0. The number of aryl methyl sites for hydroxylation is 3. The van der Waals surface area contributed by atoms with Gasteiger partial charge in [0.05, 0.1) is 16.4 Å². The molecule has 0 heterocycles. The third kappa shape index (κ3) is 9.30. The maximum absolute atomic E-state index is 12.7. The molecule has 0 saturated carbocycles. The van der Waals surface area contributed by atoms with Crippen molar-refractivity contribution < 1.29 is 23.9 Å². The molecule has 0 unspecified atom stereocenters. The third-order valence-electron chi connectivity index (χ3n) is 6.31. The summed E-state index contributed by atoms with van der Waals surface area (Å²) in [7, 11) is 0. The second-order valence-electron chi connectivity index (χ2n) is 10.2. The minimum absolute atomic E-state index is 0.205. The van der Waals surface area contributed by atoms with Gasteiger partial charge >= 0.3 is 11.8 Å². The first-order valence-electron chi connectivity index (χ1n) is 13.6. The van der Waals surface area contributed by atoms with E-state index in [-0.39, 0.29) is 19.1 Å². The Labute approximate surface area is 260 Å². The Kier molecular flexibility index (Phi) is 11.9. The smallest absolute Gasteiger partial charge is 0.329 e. The maximum atomic E-state index is 12.7. The van der Waals surface area contributed by atoms with Gasteiger partial charge in [-0.1, -0.05) is 55.8 Å². The number of nitrogens with one attached hydrogen (secondary N) is 3. The van der Waals surface area contributed by atoms with Gasteiger partial charge in [-0.25, -0.2) is 5.43 Å². The van der Waals surface area contributed by atoms with Crippen molar-refractivity contribution in [2.24, 2.45) is 5.10 Å². The Morgan fingerprint density at radius 2 is 1.62 bits per heavy atom. The van der Waals surface area contributed by atoms with E-state index in [1.54, 1.807) is 12.1 Å². The summed E-state index contributed by atoms with van der Waals surface area (Å²) < 4.78 is 12.3. The van der Waals surface area contributed by atoms with Crippen LogP contribution >= 0.6 is 22.6 Å². The minimum Gasteiger partial charge on any atom is -0.490 e. The van der Waals surface area contributed by atoms with E-state index in [1.165, 1.54) is 11.8 Å². The van der Waals surface area contributed by atoms with Crippen LogP contribution in [-0.4, -0.2) is 37.1 Å². The van der Waals surface area contributed by atoms with E-state index in [0.29, 0.717) is 33.2 Å². The van der Waals surface area contributed by atoms with E-state index in [2.05, 4.69) is 57.6 Å². The topological polar surface area (TPSA) is 118 Å². The Bertz CT molecular complexity index is 1450. The monoisotopic (exact) mass is 684 g/mol. The number of carbonyl (C=O) groups excluding carboxylic acids is 3. The van der Waals surface area contributed by atoms with Crippen LogP contribution < -0.4 is 25.5 Å². The third-order valence-corrected chi connectivity index (χ3v) is 7.11. The molecule has 0 spiro atoms. The van der Waals surface area contributed by atoms with Gasteiger partial charge in [0.25, 0.3) is 5.91 Å². The number of carbonyl (C=O) groups is 3. The molecular formula is C32H37IN4O5. The molecule has 3 aromatic carbocycles. The lowest BCUT2D eigenvalue weighted by Crippen LogP contribution is -2.37. The molecule has 9 nitrogen and oxygen atoms in total. The van der Waals surface area contributed by atoms with Gasteiger partial charge < -0.3 is 20.1 Å². The van der Waals surface area contributed by atoms with Gasteiger partial charge in [-0.3, -0.25) is 14.4 Å². The molecule has 0 aliphatic carbocycles. The summed E-state index contributed by atoms with van der Waals surface area (Å²) in [5.74, 6) is -0.695. The Morgan fingerprint density at radius 1 is 0.952 bits per heavy atom. The average Bonchev–Trinajstić information content (AvgIpc) is 2.93. The number of hydrazone groups is 1. The second-order valence-corrected chi connectivity index (χ2v) is 11.3. The highest BCUT2D eigenvalue weighted by molar-refractivity contribution is 14.1. The molecule has 3 amide bonds. The van der Waals surface area contributed by atoms with Crippen LogP contribution in [0.25, 0.3) is 0 Å². The molecule has 10 heteroatoms. The van der Waals surface area contributed by atoms with Gasteiger partial charge in [0.2, 0.25) is 0 Å². The van der Waals surface area contributed by atoms with Crippen LogP contribution in [0, 0.1) is 24.3 Å². The number of hydrogen-bond acceptors (Lipinski definition) is 6. The molecule has 0 aliphatic heterocycles. The molecule has 3 aromatic rings. The molecule has 0 fully saturated rings. The molecule has 0 radical (unpaired) electrons. The minimum atomic E-state index is -0.880. The lowest BCUT2D eigenvalue weighted by Gasteiger charge is -2.16. The summed E-state index contributed by atoms with van der Waals surface area (Å²) in [5, 5.41) is 9.43. The van der Waals surface area contributed by atoms with Gasteiger partial charge in [-0.05, 0) is 96.2 Å². The fraction of sp³-hybridized carbons (Fsp3) is 0.312. The predicted octanol–water partition coefficient (Wildman–Crippen LogP) is 5.52. The first-order chi connectivity index (χ1) is 20.0. The largest absolute Gasteiger partial charge is 0.490 e. The predicted molar refractivity (Wildman–Crippen MR) is 173 cm³/mol. The Balaban J connectivity index is 1.58. The summed E-state index contributed by atoms with van der Waals surface area (Å²) in [5.41, 5.74) is 8.81. The van der Waals surface area contributed by atoms with Crippen LogP contribution in [0.3, 0.4) is 0 Å². The molecule has 0 aliphatic rings. The van der Waals surface area contributed by atoms with E-state index in [9.17, 15) is 14.4 Å². The van der Waals surface area contributed by atoms with Crippen LogP contribution in [-0.2, 0) is 20.9 Å². The van der Waals surface area contributed by atoms with Crippen LogP contribution in [0.15, 0.2) is 53.6 Å². The number of benzene rings is 3. The van der Waals surface area contributed by atoms with Crippen LogP contribution in [0.1, 0.15) is 60.1 Å². The number of amides is 3. The van der Waals surface area contributed by atoms with Gasteiger partial charge in [0.1, 0.15) is 0 Å². The molecule has 42 heavy (non-hydrogen) atoms. The standard InChI is InChI=1S/C32H37IN4O5/c1-7-41-27-15-24(17-35-37-32(40)31(39)34-16-23-8-10-25(11-9-23)19(2)3)14-26(33)30(27)42-18-28(38)36-29-21(5)12-20(4)13-22(29)6/h8-15,17,19H,7,16,18H2,1-6H3,(H,34,39)(H,36,38)(H,37,40)/b35-17-. The fourth-order valence-electron chi connectivity index (χ4n) is 4.26. The fourth-order valence-corrected chi connectivity index (χ4v) is 5.04. The first kappa shape index (κ1) is 32.6. The molecule has 0 saturated heterocycles. The zero-order valence-electron chi connectivity index (χ0n) is 24.8. The number of nitrogens with zero attached hydrogens (tertiary/aromatic N) is 1. The lowest BCUT2D eigenvalue weighted by molar-refractivity contribution is -0.139. The van der Waals surface area contributed by atoms with Crippen molar-refractivity contribution in [1.82, 2.24) is 10.7 Å². The van der Waals surface area contributed by atoms with Gasteiger partial charge in [0, 0.05) is 12.2 Å². The van der Waals surface area contributed by atoms with Crippen molar-refractivity contribution in [2.45, 2.75) is 54.0 Å². The number of halogens is 1. The Morgan fingerprint density at radius 3 is 2.24 bits per heavy atom. The number of ether oxygens (including phenoxy) is 2. The van der Waals surface area contributed by atoms with E-state index in [0.717, 1.165) is 27.9 Å². The van der Waals surface area contributed by atoms with Crippen LogP contribution in [0.4, 0.5) is 5.69 Å². The molecule has 0 bridgehead atoms. The highest BCUT2D eigenvalue weighted by Gasteiger charge is 2.16. The van der Waals surface area contributed by atoms with E-state index in [4.69, 9.17) is 9.47 Å². The van der Waals surface area contributed by atoms with Gasteiger partial charge in [-0.2, -0.15) is 5.10 Å². The first-order valence-corrected chi connectivity index (χ1v) is 14.7. The summed E-state index contributed by atoms with van der Waals surface area (Å²) in [4.78, 5) is 37.1. The Hall–Kier alpha value is -3.93. The van der Waals surface area contributed by atoms with Gasteiger partial charge in [-0.15, -0.1) is 0 Å². The number of anilines is 1. The summed E-state index contributed by atoms with van der Waals surface area (Å²) >= 11 is 2.08. The molecule has 222 valence electrons. The number of hydrogen-bond donors (Lipinski definition) is 3. The van der Waals surface area contributed by atoms with Crippen molar-refractivity contribution >= 4 is 52.2 Å². The van der Waals surface area contributed by atoms with E-state index in [1.807, 2.05) is 64.1 Å². The summed E-state index contributed by atoms with van der Waals surface area (Å²) in [6.45, 7) is 12.4. The summed E-state index contributed by atoms with van der Waals surface area (Å²) in [6, 6.07) is 15.3. The quantitative estimate of drug-likeness (QED) is 0.106. The van der Waals surface area contributed by atoms with Crippen molar-refractivity contribution in [3.8, 4) is 11.5 Å². The molecule has 3 N–H and O–H groups in total. The lowest BCUT2D eigenvalue weighted by atomic mass is 10.0. The molecular weight excluding hydrogens is 647 g/mol. The highest BCUT2D eigenvalue weighted by atomic mass is 127. The van der Waals surface area contributed by atoms with Crippen molar-refractivity contribution in [1.29, 1.82) is 0 Å². The molecule has 3 rings (SSSR count). The van der Waals surface area contributed by atoms with E-state index < -0.39 is 11.8 Å². The zero-order chi connectivity index (χ0) is 30.8. The van der Waals surface area contributed by atoms with Gasteiger partial charge in [0.15, 0.2) is 18.1 Å².